The van der Waals surface area contributed by atoms with Crippen molar-refractivity contribution in [3.63, 3.8) is 0 Å². The second kappa shape index (κ2) is 4.75. The van der Waals surface area contributed by atoms with Crippen LogP contribution in [0.1, 0.15) is 32.6 Å². The maximum Gasteiger partial charge on any atom is 0.223 e. The number of aliphatic hydroxyl groups is 2. The van der Waals surface area contributed by atoms with Crippen molar-refractivity contribution in [1.29, 1.82) is 0 Å². The van der Waals surface area contributed by atoms with E-state index in [4.69, 9.17) is 10.2 Å². The van der Waals surface area contributed by atoms with Gasteiger partial charge in [0, 0.05) is 5.92 Å². The second-order valence-electron chi connectivity index (χ2n) is 4.07. The van der Waals surface area contributed by atoms with Crippen molar-refractivity contribution in [2.75, 3.05) is 13.2 Å². The summed E-state index contributed by atoms with van der Waals surface area (Å²) in [5.41, 5.74) is -0.827. The minimum atomic E-state index is -0.827. The summed E-state index contributed by atoms with van der Waals surface area (Å²) in [6.07, 6.45) is 3.51. The first-order chi connectivity index (χ1) is 6.67. The Morgan fingerprint density at radius 2 is 2.00 bits per heavy atom. The zero-order valence-corrected chi connectivity index (χ0v) is 8.62. The quantitative estimate of drug-likeness (QED) is 0.588. The lowest BCUT2D eigenvalue weighted by atomic mass is 9.83. The van der Waals surface area contributed by atoms with Gasteiger partial charge in [0.25, 0.3) is 0 Å². The number of aliphatic hydroxyl groups excluding tert-OH is 2. The van der Waals surface area contributed by atoms with Crippen molar-refractivity contribution in [2.24, 2.45) is 5.92 Å². The van der Waals surface area contributed by atoms with Gasteiger partial charge in [-0.15, -0.1) is 0 Å². The molecule has 82 valence electrons. The van der Waals surface area contributed by atoms with Crippen LogP contribution in [-0.2, 0) is 4.79 Å². The van der Waals surface area contributed by atoms with E-state index in [1.54, 1.807) is 0 Å². The highest BCUT2D eigenvalue weighted by atomic mass is 16.3. The molecule has 0 heterocycles. The van der Waals surface area contributed by atoms with Gasteiger partial charge in [0.15, 0.2) is 0 Å². The Kier molecular flexibility index (Phi) is 3.89. The Morgan fingerprint density at radius 3 is 2.29 bits per heavy atom. The monoisotopic (exact) mass is 201 g/mol. The van der Waals surface area contributed by atoms with Crippen LogP contribution in [0.3, 0.4) is 0 Å². The third-order valence-corrected chi connectivity index (χ3v) is 3.15. The molecule has 0 atom stereocenters. The Bertz CT molecular complexity index is 189. The number of carbonyl (C=O) groups excluding carboxylic acids is 1. The van der Waals surface area contributed by atoms with Crippen molar-refractivity contribution in [2.45, 2.75) is 38.1 Å². The molecule has 4 heteroatoms. The molecule has 0 aliphatic heterocycles. The summed E-state index contributed by atoms with van der Waals surface area (Å²) in [4.78, 5) is 11.6. The second-order valence-corrected chi connectivity index (χ2v) is 4.07. The molecule has 1 aliphatic carbocycles. The summed E-state index contributed by atoms with van der Waals surface area (Å²) >= 11 is 0. The first-order valence-corrected chi connectivity index (χ1v) is 5.21. The molecule has 1 fully saturated rings. The first kappa shape index (κ1) is 11.5. The molecule has 0 aromatic carbocycles. The molecule has 0 aromatic rings. The fourth-order valence-electron chi connectivity index (χ4n) is 1.47. The molecular formula is C10H19NO3. The molecular weight excluding hydrogens is 182 g/mol. The Hall–Kier alpha value is -0.610. The molecule has 0 spiro atoms. The van der Waals surface area contributed by atoms with Crippen LogP contribution < -0.4 is 5.32 Å². The molecule has 1 aliphatic rings. The van der Waals surface area contributed by atoms with Crippen LogP contribution in [-0.4, -0.2) is 34.9 Å². The number of amides is 1. The largest absolute Gasteiger partial charge is 0.394 e. The molecule has 0 aromatic heterocycles. The summed E-state index contributed by atoms with van der Waals surface area (Å²) in [7, 11) is 0. The lowest BCUT2D eigenvalue weighted by Crippen LogP contribution is -2.55. The van der Waals surface area contributed by atoms with Gasteiger partial charge in [-0.2, -0.15) is 0 Å². The molecule has 1 rings (SSSR count). The standard InChI is InChI=1S/C10H19NO3/c1-2-10(6-12,7-13)11-9(14)8-4-3-5-8/h8,12-13H,2-7H2,1H3,(H,11,14). The maximum absolute atomic E-state index is 11.6. The van der Waals surface area contributed by atoms with E-state index >= 15 is 0 Å². The topological polar surface area (TPSA) is 69.6 Å². The summed E-state index contributed by atoms with van der Waals surface area (Å²) in [6, 6.07) is 0. The molecule has 0 bridgehead atoms. The number of rotatable bonds is 5. The smallest absolute Gasteiger partial charge is 0.223 e. The highest BCUT2D eigenvalue weighted by Crippen LogP contribution is 2.27. The fourth-order valence-corrected chi connectivity index (χ4v) is 1.47. The normalized spacial score (nSPS) is 17.6. The Morgan fingerprint density at radius 1 is 1.43 bits per heavy atom. The van der Waals surface area contributed by atoms with Gasteiger partial charge >= 0.3 is 0 Å². The summed E-state index contributed by atoms with van der Waals surface area (Å²) in [5, 5.41) is 21.0. The van der Waals surface area contributed by atoms with Gasteiger partial charge in [0.2, 0.25) is 5.91 Å². The molecule has 14 heavy (non-hydrogen) atoms. The minimum Gasteiger partial charge on any atom is -0.394 e. The van der Waals surface area contributed by atoms with Crippen LogP contribution in [0.5, 0.6) is 0 Å². The molecule has 3 N–H and O–H groups in total. The molecule has 4 nitrogen and oxygen atoms in total. The SMILES string of the molecule is CCC(CO)(CO)NC(=O)C1CCC1. The van der Waals surface area contributed by atoms with E-state index in [9.17, 15) is 4.79 Å². The van der Waals surface area contributed by atoms with Crippen molar-refractivity contribution in [3.05, 3.63) is 0 Å². The summed E-state index contributed by atoms with van der Waals surface area (Å²) < 4.78 is 0. The molecule has 0 radical (unpaired) electrons. The molecule has 0 unspecified atom stereocenters. The number of carbonyl (C=O) groups is 1. The molecule has 1 saturated carbocycles. The first-order valence-electron chi connectivity index (χ1n) is 5.21. The average Bonchev–Trinajstić information content (AvgIpc) is 2.11. The Balaban J connectivity index is 2.49. The van der Waals surface area contributed by atoms with Crippen LogP contribution in [0.4, 0.5) is 0 Å². The summed E-state index contributed by atoms with van der Waals surface area (Å²) in [6.45, 7) is 1.42. The maximum atomic E-state index is 11.6. The lowest BCUT2D eigenvalue weighted by molar-refractivity contribution is -0.130. The van der Waals surface area contributed by atoms with Crippen LogP contribution in [0.25, 0.3) is 0 Å². The lowest BCUT2D eigenvalue weighted by Gasteiger charge is -2.33. The predicted octanol–water partition coefficient (Wildman–Crippen LogP) is 0.0361. The van der Waals surface area contributed by atoms with E-state index in [0.29, 0.717) is 6.42 Å². The summed E-state index contributed by atoms with van der Waals surface area (Å²) in [5.74, 6) is 0.0697. The third-order valence-electron chi connectivity index (χ3n) is 3.15. The van der Waals surface area contributed by atoms with E-state index in [1.807, 2.05) is 6.92 Å². The van der Waals surface area contributed by atoms with Crippen molar-refractivity contribution in [1.82, 2.24) is 5.32 Å². The predicted molar refractivity (Wildman–Crippen MR) is 52.7 cm³/mol. The van der Waals surface area contributed by atoms with Gasteiger partial charge in [-0.1, -0.05) is 13.3 Å². The van der Waals surface area contributed by atoms with Gasteiger partial charge in [0.05, 0.1) is 18.8 Å². The minimum absolute atomic E-state index is 0.0267. The molecule has 1 amide bonds. The number of nitrogens with one attached hydrogen (secondary N) is 1. The van der Waals surface area contributed by atoms with Crippen molar-refractivity contribution < 1.29 is 15.0 Å². The highest BCUT2D eigenvalue weighted by molar-refractivity contribution is 5.80. The van der Waals surface area contributed by atoms with Gasteiger partial charge in [-0.3, -0.25) is 4.79 Å². The van der Waals surface area contributed by atoms with E-state index in [0.717, 1.165) is 19.3 Å². The van der Waals surface area contributed by atoms with Crippen molar-refractivity contribution >= 4 is 5.91 Å². The third kappa shape index (κ3) is 2.25. The van der Waals surface area contributed by atoms with Crippen molar-refractivity contribution in [3.8, 4) is 0 Å². The van der Waals surface area contributed by atoms with Gasteiger partial charge in [0.1, 0.15) is 0 Å². The van der Waals surface area contributed by atoms with E-state index in [-0.39, 0.29) is 25.0 Å². The number of hydrogen-bond acceptors (Lipinski definition) is 3. The van der Waals surface area contributed by atoms with Gasteiger partial charge in [-0.25, -0.2) is 0 Å². The van der Waals surface area contributed by atoms with Gasteiger partial charge < -0.3 is 15.5 Å². The zero-order valence-electron chi connectivity index (χ0n) is 8.62. The average molecular weight is 201 g/mol. The van der Waals surface area contributed by atoms with Crippen LogP contribution >= 0.6 is 0 Å². The van der Waals surface area contributed by atoms with Crippen LogP contribution in [0.15, 0.2) is 0 Å². The van der Waals surface area contributed by atoms with Crippen LogP contribution in [0, 0.1) is 5.92 Å². The fraction of sp³-hybridized carbons (Fsp3) is 0.900. The van der Waals surface area contributed by atoms with E-state index in [1.165, 1.54) is 0 Å². The van der Waals surface area contributed by atoms with Gasteiger partial charge in [-0.05, 0) is 19.3 Å². The highest BCUT2D eigenvalue weighted by Gasteiger charge is 2.33. The van der Waals surface area contributed by atoms with E-state index < -0.39 is 5.54 Å². The number of hydrogen-bond donors (Lipinski definition) is 3. The van der Waals surface area contributed by atoms with Crippen LogP contribution in [0.2, 0.25) is 0 Å². The van der Waals surface area contributed by atoms with E-state index in [2.05, 4.69) is 5.32 Å². The molecule has 0 saturated heterocycles. The Labute approximate surface area is 84.3 Å². The zero-order chi connectivity index (χ0) is 10.6.